The minimum absolute atomic E-state index is 0.313. The number of carbonyl (C=O) groups excluding carboxylic acids is 1. The third-order valence-corrected chi connectivity index (χ3v) is 2.91. The number of carbonyl (C=O) groups is 1. The molecule has 0 aliphatic carbocycles. The Kier molecular flexibility index (Phi) is 4.05. The Labute approximate surface area is 112 Å². The summed E-state index contributed by atoms with van der Waals surface area (Å²) in [7, 11) is 0. The fraction of sp³-hybridized carbons (Fsp3) is 0.133. The van der Waals surface area contributed by atoms with E-state index in [-0.39, 0.29) is 0 Å². The van der Waals surface area contributed by atoms with Gasteiger partial charge in [0.25, 0.3) is 0 Å². The van der Waals surface area contributed by atoms with Crippen LogP contribution in [0.3, 0.4) is 0 Å². The van der Waals surface area contributed by atoms with Gasteiger partial charge < -0.3 is 4.74 Å². The van der Waals surface area contributed by atoms with Crippen LogP contribution in [0.5, 0.6) is 0 Å². The zero-order valence-electron chi connectivity index (χ0n) is 10.1. The van der Waals surface area contributed by atoms with Crippen molar-refractivity contribution in [2.45, 2.75) is 6.92 Å². The zero-order chi connectivity index (χ0) is 13.0. The summed E-state index contributed by atoms with van der Waals surface area (Å²) >= 11 is 4.18. The van der Waals surface area contributed by atoms with Crippen LogP contribution in [0.4, 0.5) is 0 Å². The monoisotopic (exact) mass is 258 g/mol. The molecule has 0 bridgehead atoms. The summed E-state index contributed by atoms with van der Waals surface area (Å²) in [5.74, 6) is -0.395. The fourth-order valence-electron chi connectivity index (χ4n) is 1.79. The van der Waals surface area contributed by atoms with Crippen LogP contribution < -0.4 is 0 Å². The smallest absolute Gasteiger partial charge is 0.344 e. The van der Waals surface area contributed by atoms with Gasteiger partial charge in [0.15, 0.2) is 0 Å². The lowest BCUT2D eigenvalue weighted by Crippen LogP contribution is -2.03. The van der Waals surface area contributed by atoms with Gasteiger partial charge in [-0.15, -0.1) is 12.6 Å². The topological polar surface area (TPSA) is 26.3 Å². The molecule has 3 heteroatoms. The summed E-state index contributed by atoms with van der Waals surface area (Å²) in [5.41, 5.74) is 0.964. The van der Waals surface area contributed by atoms with E-state index in [0.717, 1.165) is 16.3 Å². The van der Waals surface area contributed by atoms with Crippen LogP contribution in [0.15, 0.2) is 47.4 Å². The molecule has 0 spiro atoms. The SMILES string of the molecule is CCOC(=O)/C(S)=C/c1cccc2ccccc12. The summed E-state index contributed by atoms with van der Waals surface area (Å²) in [6, 6.07) is 14.0. The van der Waals surface area contributed by atoms with Gasteiger partial charge in [-0.2, -0.15) is 0 Å². The van der Waals surface area contributed by atoms with Crippen molar-refractivity contribution in [3.8, 4) is 0 Å². The third kappa shape index (κ3) is 2.74. The molecule has 0 atom stereocenters. The van der Waals surface area contributed by atoms with Gasteiger partial charge in [0.1, 0.15) is 0 Å². The third-order valence-electron chi connectivity index (χ3n) is 2.60. The number of thiol groups is 1. The second-order valence-corrected chi connectivity index (χ2v) is 4.30. The minimum atomic E-state index is -0.395. The quantitative estimate of drug-likeness (QED) is 0.516. The molecule has 0 radical (unpaired) electrons. The van der Waals surface area contributed by atoms with E-state index in [1.54, 1.807) is 13.0 Å². The highest BCUT2D eigenvalue weighted by Gasteiger charge is 2.06. The van der Waals surface area contributed by atoms with Gasteiger partial charge in [0.2, 0.25) is 0 Å². The van der Waals surface area contributed by atoms with Gasteiger partial charge in [0, 0.05) is 0 Å². The second kappa shape index (κ2) is 5.74. The highest BCUT2D eigenvalue weighted by Crippen LogP contribution is 2.22. The van der Waals surface area contributed by atoms with Crippen molar-refractivity contribution in [1.82, 2.24) is 0 Å². The Bertz CT molecular complexity index is 597. The maximum atomic E-state index is 11.5. The zero-order valence-corrected chi connectivity index (χ0v) is 11.0. The van der Waals surface area contributed by atoms with Crippen molar-refractivity contribution in [2.75, 3.05) is 6.61 Å². The Hall–Kier alpha value is -1.74. The average Bonchev–Trinajstić information content (AvgIpc) is 2.39. The summed E-state index contributed by atoms with van der Waals surface area (Å²) in [4.78, 5) is 11.8. The van der Waals surface area contributed by atoms with Gasteiger partial charge in [0.05, 0.1) is 11.5 Å². The van der Waals surface area contributed by atoms with Crippen molar-refractivity contribution in [1.29, 1.82) is 0 Å². The molecule has 0 unspecified atom stereocenters. The number of hydrogen-bond acceptors (Lipinski definition) is 3. The Morgan fingerprint density at radius 3 is 2.72 bits per heavy atom. The lowest BCUT2D eigenvalue weighted by molar-refractivity contribution is -0.137. The number of hydrogen-bond donors (Lipinski definition) is 1. The highest BCUT2D eigenvalue weighted by molar-refractivity contribution is 7.85. The average molecular weight is 258 g/mol. The first-order chi connectivity index (χ1) is 8.72. The molecular weight excluding hydrogens is 244 g/mol. The molecule has 18 heavy (non-hydrogen) atoms. The predicted molar refractivity (Wildman–Crippen MR) is 77.5 cm³/mol. The van der Waals surface area contributed by atoms with Gasteiger partial charge in [-0.05, 0) is 29.3 Å². The van der Waals surface area contributed by atoms with E-state index in [4.69, 9.17) is 4.74 Å². The number of esters is 1. The van der Waals surface area contributed by atoms with Crippen molar-refractivity contribution < 1.29 is 9.53 Å². The molecule has 2 nitrogen and oxygen atoms in total. The molecule has 0 N–H and O–H groups in total. The molecule has 92 valence electrons. The molecule has 2 aromatic carbocycles. The van der Waals surface area contributed by atoms with E-state index < -0.39 is 5.97 Å². The fourth-order valence-corrected chi connectivity index (χ4v) is 1.99. The number of ether oxygens (including phenoxy) is 1. The van der Waals surface area contributed by atoms with Crippen molar-refractivity contribution in [2.24, 2.45) is 0 Å². The minimum Gasteiger partial charge on any atom is -0.462 e. The van der Waals surface area contributed by atoms with Gasteiger partial charge in [-0.3, -0.25) is 0 Å². The molecule has 2 rings (SSSR count). The summed E-state index contributed by atoms with van der Waals surface area (Å²) in [5, 5.41) is 2.23. The number of fused-ring (bicyclic) bond motifs is 1. The molecule has 0 aliphatic rings. The Morgan fingerprint density at radius 1 is 1.22 bits per heavy atom. The lowest BCUT2D eigenvalue weighted by atomic mass is 10.0. The van der Waals surface area contributed by atoms with Crippen LogP contribution in [0.25, 0.3) is 16.8 Å². The molecule has 0 heterocycles. The van der Waals surface area contributed by atoms with E-state index in [0.29, 0.717) is 11.5 Å². The van der Waals surface area contributed by atoms with Crippen LogP contribution in [0.2, 0.25) is 0 Å². The van der Waals surface area contributed by atoms with Gasteiger partial charge in [-0.25, -0.2) is 4.79 Å². The first kappa shape index (κ1) is 12.7. The van der Waals surface area contributed by atoms with Crippen LogP contribution in [0.1, 0.15) is 12.5 Å². The lowest BCUT2D eigenvalue weighted by Gasteiger charge is -2.04. The Balaban J connectivity index is 2.43. The van der Waals surface area contributed by atoms with E-state index in [1.807, 2.05) is 42.5 Å². The van der Waals surface area contributed by atoms with Crippen LogP contribution in [0, 0.1) is 0 Å². The van der Waals surface area contributed by atoms with Crippen LogP contribution >= 0.6 is 12.6 Å². The summed E-state index contributed by atoms with van der Waals surface area (Å²) in [6.45, 7) is 2.13. The molecule has 0 amide bonds. The highest BCUT2D eigenvalue weighted by atomic mass is 32.1. The summed E-state index contributed by atoms with van der Waals surface area (Å²) < 4.78 is 4.90. The molecular formula is C15H14O2S. The second-order valence-electron chi connectivity index (χ2n) is 3.82. The maximum absolute atomic E-state index is 11.5. The first-order valence-corrected chi connectivity index (χ1v) is 6.22. The molecule has 2 aromatic rings. The first-order valence-electron chi connectivity index (χ1n) is 5.78. The summed E-state index contributed by atoms with van der Waals surface area (Å²) in [6.07, 6.45) is 1.74. The van der Waals surface area contributed by atoms with Crippen LogP contribution in [-0.2, 0) is 9.53 Å². The van der Waals surface area contributed by atoms with E-state index >= 15 is 0 Å². The van der Waals surface area contributed by atoms with E-state index in [9.17, 15) is 4.79 Å². The predicted octanol–water partition coefficient (Wildman–Crippen LogP) is 3.67. The van der Waals surface area contributed by atoms with E-state index in [1.165, 1.54) is 0 Å². The molecule has 0 aromatic heterocycles. The van der Waals surface area contributed by atoms with Crippen molar-refractivity contribution >= 4 is 35.4 Å². The number of benzene rings is 2. The standard InChI is InChI=1S/C15H14O2S/c1-2-17-15(16)14(18)10-12-8-5-7-11-6-3-4-9-13(11)12/h3-10,18H,2H2,1H3/b14-10-. The molecule has 0 aliphatic heterocycles. The largest absolute Gasteiger partial charge is 0.462 e. The van der Waals surface area contributed by atoms with E-state index in [2.05, 4.69) is 12.6 Å². The maximum Gasteiger partial charge on any atom is 0.344 e. The molecule has 0 saturated carbocycles. The van der Waals surface area contributed by atoms with Crippen LogP contribution in [-0.4, -0.2) is 12.6 Å². The number of rotatable bonds is 3. The molecule has 0 saturated heterocycles. The van der Waals surface area contributed by atoms with Crippen molar-refractivity contribution in [3.05, 3.63) is 52.9 Å². The normalized spacial score (nSPS) is 11.6. The molecule has 0 fully saturated rings. The van der Waals surface area contributed by atoms with Crippen molar-refractivity contribution in [3.63, 3.8) is 0 Å². The van der Waals surface area contributed by atoms with Gasteiger partial charge in [-0.1, -0.05) is 42.5 Å². The Morgan fingerprint density at radius 2 is 1.94 bits per heavy atom. The van der Waals surface area contributed by atoms with Gasteiger partial charge >= 0.3 is 5.97 Å².